The number of oxazole rings is 1. The fourth-order valence-corrected chi connectivity index (χ4v) is 3.36. The van der Waals surface area contributed by atoms with Crippen LogP contribution >= 0.6 is 0 Å². The van der Waals surface area contributed by atoms with Gasteiger partial charge in [0, 0.05) is 30.9 Å². The van der Waals surface area contributed by atoms with Gasteiger partial charge in [-0.3, -0.25) is 19.5 Å². The summed E-state index contributed by atoms with van der Waals surface area (Å²) >= 11 is 0. The highest BCUT2D eigenvalue weighted by Crippen LogP contribution is 2.21. The first-order valence-electron chi connectivity index (χ1n) is 10.0. The molecule has 0 aliphatic rings. The summed E-state index contributed by atoms with van der Waals surface area (Å²) in [6, 6.07) is 10.8. The highest BCUT2D eigenvalue weighted by molar-refractivity contribution is 6.04. The van der Waals surface area contributed by atoms with Gasteiger partial charge in [-0.15, -0.1) is 5.10 Å². The number of rotatable bonds is 7. The first-order chi connectivity index (χ1) is 15.7. The number of hydrogen-bond acceptors (Lipinski definition) is 8. The Morgan fingerprint density at radius 1 is 1.24 bits per heavy atom. The average molecular weight is 451 g/mol. The number of nitrogens with zero attached hydrogens (tertiary/aromatic N) is 6. The van der Waals surface area contributed by atoms with Crippen molar-refractivity contribution in [3.63, 3.8) is 0 Å². The van der Waals surface area contributed by atoms with Crippen LogP contribution in [0.4, 0.5) is 11.4 Å². The number of anilines is 1. The predicted octanol–water partition coefficient (Wildman–Crippen LogP) is 2.21. The van der Waals surface area contributed by atoms with E-state index in [4.69, 9.17) is 4.42 Å². The lowest BCUT2D eigenvalue weighted by Gasteiger charge is -2.10. The lowest BCUT2D eigenvalue weighted by atomic mass is 10.2. The SMILES string of the molecule is Cc1c(C(=O)Nc2ccc3oc(=O)n(CCN(C)C)c3c2)nnn1-c1cccc([N+](=O)[O-])c1. The highest BCUT2D eigenvalue weighted by atomic mass is 16.6. The van der Waals surface area contributed by atoms with Crippen LogP contribution in [0.3, 0.4) is 0 Å². The molecule has 0 aliphatic heterocycles. The van der Waals surface area contributed by atoms with Gasteiger partial charge in [-0.05, 0) is 45.3 Å². The van der Waals surface area contributed by atoms with Gasteiger partial charge in [-0.2, -0.15) is 0 Å². The summed E-state index contributed by atoms with van der Waals surface area (Å²) in [4.78, 5) is 37.5. The summed E-state index contributed by atoms with van der Waals surface area (Å²) < 4.78 is 8.15. The fraction of sp³-hybridized carbons (Fsp3) is 0.238. The Balaban J connectivity index is 1.60. The molecule has 0 atom stereocenters. The predicted molar refractivity (Wildman–Crippen MR) is 120 cm³/mol. The molecule has 0 aliphatic carbocycles. The molecule has 12 heteroatoms. The van der Waals surface area contributed by atoms with Gasteiger partial charge in [0.05, 0.1) is 21.8 Å². The van der Waals surface area contributed by atoms with E-state index in [1.165, 1.54) is 27.4 Å². The molecule has 2 aromatic carbocycles. The molecule has 2 heterocycles. The van der Waals surface area contributed by atoms with Crippen LogP contribution < -0.4 is 11.1 Å². The van der Waals surface area contributed by atoms with Gasteiger partial charge in [0.1, 0.15) is 0 Å². The fourth-order valence-electron chi connectivity index (χ4n) is 3.36. The zero-order valence-electron chi connectivity index (χ0n) is 18.2. The number of fused-ring (bicyclic) bond motifs is 1. The van der Waals surface area contributed by atoms with Crippen molar-refractivity contribution in [1.82, 2.24) is 24.5 Å². The summed E-state index contributed by atoms with van der Waals surface area (Å²) in [5.41, 5.74) is 2.25. The maximum Gasteiger partial charge on any atom is 0.419 e. The Kier molecular flexibility index (Phi) is 5.75. The van der Waals surface area contributed by atoms with E-state index in [9.17, 15) is 19.7 Å². The van der Waals surface area contributed by atoms with Crippen LogP contribution in [0, 0.1) is 17.0 Å². The average Bonchev–Trinajstić information content (AvgIpc) is 3.31. The minimum absolute atomic E-state index is 0.0683. The monoisotopic (exact) mass is 451 g/mol. The number of carbonyl (C=O) groups excluding carboxylic acids is 1. The molecule has 2 aromatic heterocycles. The molecule has 33 heavy (non-hydrogen) atoms. The molecule has 0 bridgehead atoms. The van der Waals surface area contributed by atoms with E-state index < -0.39 is 16.6 Å². The highest BCUT2D eigenvalue weighted by Gasteiger charge is 2.19. The zero-order valence-corrected chi connectivity index (χ0v) is 18.2. The van der Waals surface area contributed by atoms with Gasteiger partial charge < -0.3 is 14.6 Å². The van der Waals surface area contributed by atoms with Crippen LogP contribution in [0.15, 0.2) is 51.7 Å². The molecule has 0 radical (unpaired) electrons. The largest absolute Gasteiger partial charge is 0.419 e. The van der Waals surface area contributed by atoms with E-state index in [-0.39, 0.29) is 11.4 Å². The van der Waals surface area contributed by atoms with E-state index in [1.807, 2.05) is 19.0 Å². The van der Waals surface area contributed by atoms with Crippen molar-refractivity contribution in [2.24, 2.45) is 0 Å². The van der Waals surface area contributed by atoms with E-state index in [2.05, 4.69) is 15.6 Å². The molecule has 0 fully saturated rings. The number of benzene rings is 2. The number of carbonyl (C=O) groups is 1. The molecule has 12 nitrogen and oxygen atoms in total. The number of hydrogen-bond donors (Lipinski definition) is 1. The molecule has 4 rings (SSSR count). The summed E-state index contributed by atoms with van der Waals surface area (Å²) in [6.45, 7) is 2.73. The number of aromatic nitrogens is 4. The van der Waals surface area contributed by atoms with Crippen molar-refractivity contribution in [3.8, 4) is 5.69 Å². The third kappa shape index (κ3) is 4.36. The third-order valence-corrected chi connectivity index (χ3v) is 5.09. The second-order valence-corrected chi connectivity index (χ2v) is 7.67. The van der Waals surface area contributed by atoms with Gasteiger partial charge in [-0.1, -0.05) is 11.3 Å². The first-order valence-corrected chi connectivity index (χ1v) is 10.0. The molecule has 170 valence electrons. The molecule has 1 amide bonds. The van der Waals surface area contributed by atoms with Crippen molar-refractivity contribution < 1.29 is 14.1 Å². The summed E-state index contributed by atoms with van der Waals surface area (Å²) in [5.74, 6) is -0.972. The van der Waals surface area contributed by atoms with Gasteiger partial charge >= 0.3 is 5.76 Å². The van der Waals surface area contributed by atoms with Gasteiger partial charge in [-0.25, -0.2) is 9.48 Å². The zero-order chi connectivity index (χ0) is 23.7. The van der Waals surface area contributed by atoms with E-state index in [0.717, 1.165) is 0 Å². The van der Waals surface area contributed by atoms with Crippen LogP contribution in [-0.2, 0) is 6.54 Å². The van der Waals surface area contributed by atoms with Crippen LogP contribution in [0.5, 0.6) is 0 Å². The molecule has 0 saturated carbocycles. The molecule has 1 N–H and O–H groups in total. The molecule has 4 aromatic rings. The standard InChI is InChI=1S/C21H21N7O5/c1-13-19(23-24-27(13)15-5-4-6-16(12-15)28(31)32)20(29)22-14-7-8-18-17(11-14)26(21(30)33-18)10-9-25(2)3/h4-8,11-12H,9-10H2,1-3H3,(H,22,29). The Bertz CT molecular complexity index is 1420. The lowest BCUT2D eigenvalue weighted by Crippen LogP contribution is -2.23. The number of nitro benzene ring substituents is 1. The summed E-state index contributed by atoms with van der Waals surface area (Å²) in [6.07, 6.45) is 0. The van der Waals surface area contributed by atoms with E-state index in [0.29, 0.717) is 41.3 Å². The molecule has 0 spiro atoms. The lowest BCUT2D eigenvalue weighted by molar-refractivity contribution is -0.384. The minimum atomic E-state index is -0.506. The van der Waals surface area contributed by atoms with Crippen molar-refractivity contribution >= 4 is 28.4 Å². The van der Waals surface area contributed by atoms with Crippen LogP contribution in [0.25, 0.3) is 16.8 Å². The Morgan fingerprint density at radius 2 is 2.03 bits per heavy atom. The second-order valence-electron chi connectivity index (χ2n) is 7.67. The van der Waals surface area contributed by atoms with Crippen molar-refractivity contribution in [2.75, 3.05) is 26.0 Å². The number of non-ortho nitro benzene ring substituents is 1. The Hall–Kier alpha value is -4.32. The molecule has 0 saturated heterocycles. The van der Waals surface area contributed by atoms with Gasteiger partial charge in [0.25, 0.3) is 11.6 Å². The van der Waals surface area contributed by atoms with Crippen LogP contribution in [0.2, 0.25) is 0 Å². The second kappa shape index (κ2) is 8.67. The van der Waals surface area contributed by atoms with E-state index in [1.54, 1.807) is 31.2 Å². The topological polar surface area (TPSA) is 141 Å². The van der Waals surface area contributed by atoms with Gasteiger partial charge in [0.15, 0.2) is 11.3 Å². The maximum atomic E-state index is 12.9. The van der Waals surface area contributed by atoms with Crippen LogP contribution in [0.1, 0.15) is 16.2 Å². The third-order valence-electron chi connectivity index (χ3n) is 5.09. The van der Waals surface area contributed by atoms with Gasteiger partial charge in [0.2, 0.25) is 0 Å². The number of nitro groups is 1. The van der Waals surface area contributed by atoms with Crippen molar-refractivity contribution in [2.45, 2.75) is 13.5 Å². The van der Waals surface area contributed by atoms with Crippen molar-refractivity contribution in [1.29, 1.82) is 0 Å². The number of amides is 1. The smallest absolute Gasteiger partial charge is 0.408 e. The normalized spacial score (nSPS) is 11.3. The number of likely N-dealkylation sites (N-methyl/N-ethyl adjacent to an activating group) is 1. The Morgan fingerprint density at radius 3 is 2.76 bits per heavy atom. The van der Waals surface area contributed by atoms with Crippen LogP contribution in [-0.4, -0.2) is 55.9 Å². The van der Waals surface area contributed by atoms with Crippen molar-refractivity contribution in [3.05, 3.63) is 74.5 Å². The molecule has 0 unspecified atom stereocenters. The summed E-state index contributed by atoms with van der Waals surface area (Å²) in [5, 5.41) is 21.7. The minimum Gasteiger partial charge on any atom is -0.408 e. The molecular formula is C21H21N7O5. The number of nitrogens with one attached hydrogen (secondary N) is 1. The van der Waals surface area contributed by atoms with E-state index >= 15 is 0 Å². The summed E-state index contributed by atoms with van der Waals surface area (Å²) in [7, 11) is 3.81. The maximum absolute atomic E-state index is 12.9. The first kappa shape index (κ1) is 21.9. The molecular weight excluding hydrogens is 430 g/mol. The Labute approximate surface area is 187 Å². The quantitative estimate of drug-likeness (QED) is 0.333.